The molecule has 0 aliphatic carbocycles. The molecule has 1 saturated heterocycles. The third kappa shape index (κ3) is 5.62. The normalized spacial score (nSPS) is 13.3. The molecule has 0 atom stereocenters. The minimum Gasteiger partial charge on any atom is -0.339 e. The predicted octanol–water partition coefficient (Wildman–Crippen LogP) is 3.37. The lowest BCUT2D eigenvalue weighted by Gasteiger charge is -2.16. The van der Waals surface area contributed by atoms with Gasteiger partial charge in [-0.1, -0.05) is 36.4 Å². The predicted molar refractivity (Wildman–Crippen MR) is 111 cm³/mol. The van der Waals surface area contributed by atoms with E-state index in [-0.39, 0.29) is 16.9 Å². The average molecular weight is 382 g/mol. The zero-order valence-corrected chi connectivity index (χ0v) is 15.9. The second-order valence-corrected chi connectivity index (χ2v) is 6.98. The Balaban J connectivity index is 1.50. The molecule has 1 aliphatic rings. The number of anilines is 1. The van der Waals surface area contributed by atoms with Crippen LogP contribution in [0.4, 0.5) is 5.69 Å². The molecule has 0 saturated carbocycles. The quantitative estimate of drug-likeness (QED) is 0.780. The van der Waals surface area contributed by atoms with Gasteiger partial charge in [-0.3, -0.25) is 9.59 Å². The summed E-state index contributed by atoms with van der Waals surface area (Å²) in [6.07, 6.45) is 3.14. The molecule has 2 N–H and O–H groups in total. The van der Waals surface area contributed by atoms with Crippen LogP contribution in [0.15, 0.2) is 54.6 Å². The molecule has 2 aromatic carbocycles. The van der Waals surface area contributed by atoms with Gasteiger partial charge in [0.05, 0.1) is 0 Å². The number of carbonyl (C=O) groups excluding carboxylic acids is 2. The van der Waals surface area contributed by atoms with E-state index in [2.05, 4.69) is 10.6 Å². The van der Waals surface area contributed by atoms with Crippen molar-refractivity contribution in [1.82, 2.24) is 10.2 Å². The number of benzene rings is 2. The summed E-state index contributed by atoms with van der Waals surface area (Å²) in [7, 11) is 0. The molecule has 0 aromatic heterocycles. The van der Waals surface area contributed by atoms with E-state index in [0.717, 1.165) is 31.5 Å². The molecule has 2 amide bonds. The van der Waals surface area contributed by atoms with Crippen molar-refractivity contribution in [2.75, 3.05) is 18.4 Å². The Bertz CT molecular complexity index is 817. The van der Waals surface area contributed by atoms with Crippen LogP contribution in [0.5, 0.6) is 0 Å². The van der Waals surface area contributed by atoms with Gasteiger partial charge in [-0.15, -0.1) is 0 Å². The van der Waals surface area contributed by atoms with Crippen LogP contribution >= 0.6 is 12.2 Å². The molecular weight excluding hydrogens is 358 g/mol. The second-order valence-electron chi connectivity index (χ2n) is 6.57. The number of thiocarbonyl (C=S) groups is 1. The first kappa shape index (κ1) is 19.0. The Kier molecular flexibility index (Phi) is 6.54. The van der Waals surface area contributed by atoms with Crippen LogP contribution in [0.25, 0.3) is 0 Å². The largest absolute Gasteiger partial charge is 0.339 e. The van der Waals surface area contributed by atoms with Gasteiger partial charge in [0.25, 0.3) is 5.91 Å². The Hall–Kier alpha value is -2.73. The van der Waals surface area contributed by atoms with Crippen LogP contribution in [0.3, 0.4) is 0 Å². The van der Waals surface area contributed by atoms with Gasteiger partial charge in [-0.25, -0.2) is 0 Å². The molecule has 0 spiro atoms. The maximum Gasteiger partial charge on any atom is 0.253 e. The number of hydrogen-bond donors (Lipinski definition) is 2. The van der Waals surface area contributed by atoms with Crippen molar-refractivity contribution < 1.29 is 9.59 Å². The van der Waals surface area contributed by atoms with Crippen molar-refractivity contribution in [1.29, 1.82) is 0 Å². The number of rotatable bonds is 5. The highest BCUT2D eigenvalue weighted by Crippen LogP contribution is 2.16. The SMILES string of the molecule is O=C(CCc1ccccc1)NC(=S)Nc1cccc(C(=O)N2CCCC2)c1. The maximum atomic E-state index is 12.5. The van der Waals surface area contributed by atoms with Crippen molar-refractivity contribution in [2.45, 2.75) is 25.7 Å². The second kappa shape index (κ2) is 9.28. The fraction of sp³-hybridized carbons (Fsp3) is 0.286. The summed E-state index contributed by atoms with van der Waals surface area (Å²) >= 11 is 5.22. The summed E-state index contributed by atoms with van der Waals surface area (Å²) in [4.78, 5) is 26.4. The number of hydrogen-bond acceptors (Lipinski definition) is 3. The Labute approximate surface area is 164 Å². The van der Waals surface area contributed by atoms with Gasteiger partial charge in [0.15, 0.2) is 5.11 Å². The molecule has 1 heterocycles. The molecule has 140 valence electrons. The van der Waals surface area contributed by atoms with E-state index in [1.165, 1.54) is 0 Å². The number of nitrogens with one attached hydrogen (secondary N) is 2. The number of amides is 2. The topological polar surface area (TPSA) is 61.4 Å². The fourth-order valence-electron chi connectivity index (χ4n) is 3.09. The van der Waals surface area contributed by atoms with Gasteiger partial charge < -0.3 is 15.5 Å². The van der Waals surface area contributed by atoms with Gasteiger partial charge in [-0.2, -0.15) is 0 Å². The summed E-state index contributed by atoms with van der Waals surface area (Å²) in [5.74, 6) is -0.102. The van der Waals surface area contributed by atoms with Gasteiger partial charge in [-0.05, 0) is 55.2 Å². The zero-order valence-electron chi connectivity index (χ0n) is 15.1. The van der Waals surface area contributed by atoms with Gasteiger partial charge in [0.1, 0.15) is 0 Å². The lowest BCUT2D eigenvalue weighted by atomic mass is 10.1. The zero-order chi connectivity index (χ0) is 19.1. The van der Waals surface area contributed by atoms with E-state index in [0.29, 0.717) is 24.1 Å². The summed E-state index contributed by atoms with van der Waals surface area (Å²) in [6, 6.07) is 17.0. The van der Waals surface area contributed by atoms with Crippen molar-refractivity contribution in [3.8, 4) is 0 Å². The van der Waals surface area contributed by atoms with Crippen LogP contribution in [-0.2, 0) is 11.2 Å². The Morgan fingerprint density at radius 3 is 2.48 bits per heavy atom. The molecule has 5 nitrogen and oxygen atoms in total. The molecule has 1 fully saturated rings. The number of aryl methyl sites for hydroxylation is 1. The number of likely N-dealkylation sites (tertiary alicyclic amines) is 1. The van der Waals surface area contributed by atoms with Crippen molar-refractivity contribution >= 4 is 34.8 Å². The van der Waals surface area contributed by atoms with E-state index in [1.807, 2.05) is 47.4 Å². The summed E-state index contributed by atoms with van der Waals surface area (Å²) in [5, 5.41) is 5.91. The van der Waals surface area contributed by atoms with Gasteiger partial charge >= 0.3 is 0 Å². The van der Waals surface area contributed by atoms with Crippen LogP contribution in [0.1, 0.15) is 35.2 Å². The fourth-order valence-corrected chi connectivity index (χ4v) is 3.32. The number of carbonyl (C=O) groups is 2. The van der Waals surface area contributed by atoms with Crippen LogP contribution < -0.4 is 10.6 Å². The maximum absolute atomic E-state index is 12.5. The van der Waals surface area contributed by atoms with E-state index in [4.69, 9.17) is 12.2 Å². The Morgan fingerprint density at radius 1 is 1.00 bits per heavy atom. The highest BCUT2D eigenvalue weighted by Gasteiger charge is 2.19. The van der Waals surface area contributed by atoms with Crippen LogP contribution in [-0.4, -0.2) is 34.9 Å². The van der Waals surface area contributed by atoms with E-state index >= 15 is 0 Å². The highest BCUT2D eigenvalue weighted by molar-refractivity contribution is 7.80. The highest BCUT2D eigenvalue weighted by atomic mass is 32.1. The molecule has 3 rings (SSSR count). The Morgan fingerprint density at radius 2 is 1.74 bits per heavy atom. The molecule has 2 aromatic rings. The molecule has 27 heavy (non-hydrogen) atoms. The first-order chi connectivity index (χ1) is 13.1. The summed E-state index contributed by atoms with van der Waals surface area (Å²) < 4.78 is 0. The van der Waals surface area contributed by atoms with E-state index in [1.54, 1.807) is 12.1 Å². The molecule has 0 bridgehead atoms. The lowest BCUT2D eigenvalue weighted by Crippen LogP contribution is -2.34. The molecular formula is C21H23N3O2S. The van der Waals surface area contributed by atoms with E-state index < -0.39 is 0 Å². The molecule has 1 aliphatic heterocycles. The average Bonchev–Trinajstić information content (AvgIpc) is 3.21. The van der Waals surface area contributed by atoms with Gasteiger partial charge in [0, 0.05) is 30.8 Å². The first-order valence-electron chi connectivity index (χ1n) is 9.16. The minimum atomic E-state index is -0.138. The first-order valence-corrected chi connectivity index (χ1v) is 9.57. The standard InChI is InChI=1S/C21H23N3O2S/c25-19(12-11-16-7-2-1-3-8-16)23-21(27)22-18-10-6-9-17(15-18)20(26)24-13-4-5-14-24/h1-3,6-10,15H,4-5,11-14H2,(H2,22,23,25,27). The molecule has 0 radical (unpaired) electrons. The summed E-state index contributed by atoms with van der Waals surface area (Å²) in [6.45, 7) is 1.62. The number of nitrogens with zero attached hydrogens (tertiary/aromatic N) is 1. The monoisotopic (exact) mass is 381 g/mol. The summed E-state index contributed by atoms with van der Waals surface area (Å²) in [5.41, 5.74) is 2.42. The van der Waals surface area contributed by atoms with Crippen molar-refractivity contribution in [3.05, 3.63) is 65.7 Å². The van der Waals surface area contributed by atoms with Crippen LogP contribution in [0, 0.1) is 0 Å². The smallest absolute Gasteiger partial charge is 0.253 e. The van der Waals surface area contributed by atoms with Crippen molar-refractivity contribution in [3.63, 3.8) is 0 Å². The molecule has 0 unspecified atom stereocenters. The third-order valence-electron chi connectivity index (χ3n) is 4.50. The minimum absolute atomic E-state index is 0.0361. The third-order valence-corrected chi connectivity index (χ3v) is 4.70. The van der Waals surface area contributed by atoms with Gasteiger partial charge in [0.2, 0.25) is 5.91 Å². The molecule has 6 heteroatoms. The van der Waals surface area contributed by atoms with E-state index in [9.17, 15) is 9.59 Å². The van der Waals surface area contributed by atoms with Crippen molar-refractivity contribution in [2.24, 2.45) is 0 Å². The van der Waals surface area contributed by atoms with Crippen LogP contribution in [0.2, 0.25) is 0 Å². The lowest BCUT2D eigenvalue weighted by molar-refractivity contribution is -0.119.